The Morgan fingerprint density at radius 3 is 2.47 bits per heavy atom. The van der Waals surface area contributed by atoms with Crippen LogP contribution in [0.5, 0.6) is 0 Å². The number of carbonyl (C=O) groups excluding carboxylic acids is 1. The lowest BCUT2D eigenvalue weighted by Crippen LogP contribution is -2.29. The van der Waals surface area contributed by atoms with Crippen LogP contribution in [-0.4, -0.2) is 46.3 Å². The van der Waals surface area contributed by atoms with E-state index in [1.54, 1.807) is 0 Å². The van der Waals surface area contributed by atoms with Crippen molar-refractivity contribution in [3.63, 3.8) is 0 Å². The summed E-state index contributed by atoms with van der Waals surface area (Å²) >= 11 is 0. The smallest absolute Gasteiger partial charge is 0.222 e. The lowest BCUT2D eigenvalue weighted by molar-refractivity contribution is -0.130. The zero-order valence-electron chi connectivity index (χ0n) is 8.72. The second-order valence-electron chi connectivity index (χ2n) is 3.84. The number of aliphatic hydroxyl groups excluding tert-OH is 2. The van der Waals surface area contributed by atoms with Crippen molar-refractivity contribution in [2.24, 2.45) is 0 Å². The van der Waals surface area contributed by atoms with E-state index < -0.39 is 12.2 Å². The van der Waals surface area contributed by atoms with E-state index in [1.165, 1.54) is 4.90 Å². The molecule has 0 aliphatic carbocycles. The molecule has 1 aliphatic heterocycles. The summed E-state index contributed by atoms with van der Waals surface area (Å²) in [6, 6.07) is 0. The van der Waals surface area contributed by atoms with E-state index in [0.717, 1.165) is 12.8 Å². The van der Waals surface area contributed by atoms with Crippen molar-refractivity contribution < 1.29 is 15.0 Å². The Labute approximate surface area is 89.9 Å². The van der Waals surface area contributed by atoms with Crippen LogP contribution in [0.2, 0.25) is 0 Å². The Kier molecular flexibility index (Phi) is 4.60. The minimum absolute atomic E-state index is 0.0115. The highest BCUT2D eigenvalue weighted by Crippen LogP contribution is 2.12. The average Bonchev–Trinajstić information content (AvgIpc) is 2.54. The first kappa shape index (κ1) is 12.0. The number of hydrogen-bond acceptors (Lipinski definition) is 3. The second-order valence-corrected chi connectivity index (χ2v) is 3.84. The molecule has 1 heterocycles. The van der Waals surface area contributed by atoms with Gasteiger partial charge < -0.3 is 15.1 Å². The molecule has 2 unspecified atom stereocenters. The number of nitrogens with zero attached hydrogens (tertiary/aromatic N) is 1. The minimum Gasteiger partial charge on any atom is -0.388 e. The Morgan fingerprint density at radius 2 is 1.93 bits per heavy atom. The van der Waals surface area contributed by atoms with Crippen LogP contribution in [0.1, 0.15) is 25.7 Å². The summed E-state index contributed by atoms with van der Waals surface area (Å²) < 4.78 is 0. The predicted octanol–water partition coefficient (Wildman–Crippen LogP) is -0.256. The van der Waals surface area contributed by atoms with Crippen molar-refractivity contribution >= 4 is 5.91 Å². The van der Waals surface area contributed by atoms with Gasteiger partial charge in [-0.15, -0.1) is 12.3 Å². The van der Waals surface area contributed by atoms with Crippen LogP contribution in [0.4, 0.5) is 0 Å². The maximum atomic E-state index is 11.6. The first-order chi connectivity index (χ1) is 7.15. The molecule has 1 saturated heterocycles. The van der Waals surface area contributed by atoms with E-state index in [0.29, 0.717) is 12.8 Å². The number of aliphatic hydroxyl groups is 2. The predicted molar refractivity (Wildman–Crippen MR) is 55.9 cm³/mol. The van der Waals surface area contributed by atoms with Gasteiger partial charge in [0.1, 0.15) is 0 Å². The molecule has 2 N–H and O–H groups in total. The summed E-state index contributed by atoms with van der Waals surface area (Å²) in [6.07, 6.45) is 6.27. The number of hydrogen-bond donors (Lipinski definition) is 2. The van der Waals surface area contributed by atoms with Gasteiger partial charge in [0.25, 0.3) is 0 Å². The molecule has 0 aromatic heterocycles. The molecule has 0 aromatic rings. The molecule has 1 amide bonds. The van der Waals surface area contributed by atoms with Crippen LogP contribution in [0.15, 0.2) is 0 Å². The standard InChI is InChI=1S/C11H17NO3/c1-2-3-4-5-6-11(15)12-7-9(13)10(14)8-12/h1,9-10,13-14H,3-8H2. The lowest BCUT2D eigenvalue weighted by Gasteiger charge is -2.14. The number of amides is 1. The maximum absolute atomic E-state index is 11.6. The molecule has 0 radical (unpaired) electrons. The first-order valence-electron chi connectivity index (χ1n) is 5.22. The van der Waals surface area contributed by atoms with Crippen LogP contribution in [0.3, 0.4) is 0 Å². The summed E-state index contributed by atoms with van der Waals surface area (Å²) in [5, 5.41) is 18.5. The van der Waals surface area contributed by atoms with E-state index in [9.17, 15) is 15.0 Å². The van der Waals surface area contributed by atoms with E-state index in [1.807, 2.05) is 0 Å². The molecular weight excluding hydrogens is 194 g/mol. The molecule has 0 saturated carbocycles. The van der Waals surface area contributed by atoms with Crippen molar-refractivity contribution in [1.29, 1.82) is 0 Å². The quantitative estimate of drug-likeness (QED) is 0.497. The van der Waals surface area contributed by atoms with Crippen molar-refractivity contribution in [2.75, 3.05) is 13.1 Å². The Balaban J connectivity index is 2.21. The third-order valence-corrected chi connectivity index (χ3v) is 2.57. The number of carbonyl (C=O) groups is 1. The Hall–Kier alpha value is -1.05. The SMILES string of the molecule is C#CCCCCC(=O)N1CC(O)C(O)C1. The third-order valence-electron chi connectivity index (χ3n) is 2.57. The average molecular weight is 211 g/mol. The summed E-state index contributed by atoms with van der Waals surface area (Å²) in [5.41, 5.74) is 0. The highest BCUT2D eigenvalue weighted by Gasteiger charge is 2.31. The molecule has 84 valence electrons. The van der Waals surface area contributed by atoms with Gasteiger partial charge in [0, 0.05) is 25.9 Å². The zero-order chi connectivity index (χ0) is 11.3. The molecule has 1 rings (SSSR count). The summed E-state index contributed by atoms with van der Waals surface area (Å²) in [4.78, 5) is 13.1. The Bertz CT molecular complexity index is 249. The molecule has 0 aromatic carbocycles. The van der Waals surface area contributed by atoms with E-state index in [2.05, 4.69) is 5.92 Å². The largest absolute Gasteiger partial charge is 0.388 e. The fraction of sp³-hybridized carbons (Fsp3) is 0.727. The number of unbranched alkanes of at least 4 members (excludes halogenated alkanes) is 2. The first-order valence-corrected chi connectivity index (χ1v) is 5.22. The monoisotopic (exact) mass is 211 g/mol. The third kappa shape index (κ3) is 3.54. The van der Waals surface area contributed by atoms with Crippen LogP contribution in [0.25, 0.3) is 0 Å². The maximum Gasteiger partial charge on any atom is 0.222 e. The number of terminal acetylenes is 1. The molecule has 0 bridgehead atoms. The molecule has 1 aliphatic rings. The molecular formula is C11H17NO3. The number of rotatable bonds is 4. The van der Waals surface area contributed by atoms with Gasteiger partial charge in [0.2, 0.25) is 5.91 Å². The minimum atomic E-state index is -0.792. The normalized spacial score (nSPS) is 25.3. The van der Waals surface area contributed by atoms with Gasteiger partial charge in [-0.05, 0) is 12.8 Å². The van der Waals surface area contributed by atoms with E-state index >= 15 is 0 Å². The number of β-amino-alcohol motifs (C(OH)–C–C–N with tert-alkyl or cyclic N) is 2. The van der Waals surface area contributed by atoms with Crippen LogP contribution < -0.4 is 0 Å². The van der Waals surface area contributed by atoms with Gasteiger partial charge in [-0.3, -0.25) is 4.79 Å². The van der Waals surface area contributed by atoms with Gasteiger partial charge in [-0.2, -0.15) is 0 Å². The van der Waals surface area contributed by atoms with Gasteiger partial charge in [-0.25, -0.2) is 0 Å². The van der Waals surface area contributed by atoms with Crippen molar-refractivity contribution in [3.8, 4) is 12.3 Å². The van der Waals surface area contributed by atoms with Crippen molar-refractivity contribution in [1.82, 2.24) is 4.90 Å². The molecule has 1 fully saturated rings. The van der Waals surface area contributed by atoms with Gasteiger partial charge >= 0.3 is 0 Å². The van der Waals surface area contributed by atoms with Gasteiger partial charge in [-0.1, -0.05) is 0 Å². The summed E-state index contributed by atoms with van der Waals surface area (Å²) in [7, 11) is 0. The molecule has 2 atom stereocenters. The van der Waals surface area contributed by atoms with E-state index in [-0.39, 0.29) is 19.0 Å². The van der Waals surface area contributed by atoms with Gasteiger partial charge in [0.05, 0.1) is 12.2 Å². The highest BCUT2D eigenvalue weighted by atomic mass is 16.3. The van der Waals surface area contributed by atoms with Crippen LogP contribution in [-0.2, 0) is 4.79 Å². The fourth-order valence-electron chi connectivity index (χ4n) is 1.63. The fourth-order valence-corrected chi connectivity index (χ4v) is 1.63. The zero-order valence-corrected chi connectivity index (χ0v) is 8.72. The lowest BCUT2D eigenvalue weighted by atomic mass is 10.2. The molecule has 15 heavy (non-hydrogen) atoms. The molecule has 4 nitrogen and oxygen atoms in total. The highest BCUT2D eigenvalue weighted by molar-refractivity contribution is 5.76. The van der Waals surface area contributed by atoms with Gasteiger partial charge in [0.15, 0.2) is 0 Å². The van der Waals surface area contributed by atoms with Crippen molar-refractivity contribution in [3.05, 3.63) is 0 Å². The Morgan fingerprint density at radius 1 is 1.33 bits per heavy atom. The van der Waals surface area contributed by atoms with Crippen LogP contribution >= 0.6 is 0 Å². The second kappa shape index (κ2) is 5.74. The topological polar surface area (TPSA) is 60.8 Å². The van der Waals surface area contributed by atoms with Crippen LogP contribution in [0, 0.1) is 12.3 Å². The summed E-state index contributed by atoms with van der Waals surface area (Å²) in [6.45, 7) is 0.490. The molecule has 0 spiro atoms. The molecule has 4 heteroatoms. The van der Waals surface area contributed by atoms with Crippen molar-refractivity contribution in [2.45, 2.75) is 37.9 Å². The summed E-state index contributed by atoms with van der Waals surface area (Å²) in [5.74, 6) is 2.51. The number of likely N-dealkylation sites (tertiary alicyclic amines) is 1. The van der Waals surface area contributed by atoms with E-state index in [4.69, 9.17) is 6.42 Å².